The third-order valence-corrected chi connectivity index (χ3v) is 7.49. The predicted molar refractivity (Wildman–Crippen MR) is 128 cm³/mol. The molecule has 0 bridgehead atoms. The number of alkyl halides is 6. The fraction of sp³-hybridized carbons (Fsp3) is 0.652. The molecular formula is C23H26F6N10O3. The van der Waals surface area contributed by atoms with Gasteiger partial charge >= 0.3 is 0 Å². The van der Waals surface area contributed by atoms with E-state index in [1.807, 2.05) is 0 Å². The highest BCUT2D eigenvalue weighted by Gasteiger charge is 2.48. The van der Waals surface area contributed by atoms with Crippen molar-refractivity contribution >= 4 is 17.5 Å². The van der Waals surface area contributed by atoms with Crippen LogP contribution in [-0.4, -0.2) is 76.4 Å². The zero-order valence-corrected chi connectivity index (χ0v) is 22.1. The molecule has 0 spiro atoms. The van der Waals surface area contributed by atoms with Gasteiger partial charge in [0, 0.05) is 38.3 Å². The Morgan fingerprint density at radius 1 is 1.12 bits per heavy atom. The lowest BCUT2D eigenvalue weighted by atomic mass is 9.81. The monoisotopic (exact) mass is 604 g/mol. The lowest BCUT2D eigenvalue weighted by Gasteiger charge is -2.35. The van der Waals surface area contributed by atoms with Crippen molar-refractivity contribution in [2.75, 3.05) is 5.32 Å². The van der Waals surface area contributed by atoms with E-state index in [1.165, 1.54) is 13.1 Å². The molecule has 3 aromatic heterocycles. The fourth-order valence-corrected chi connectivity index (χ4v) is 5.22. The van der Waals surface area contributed by atoms with Crippen LogP contribution >= 0.6 is 0 Å². The lowest BCUT2D eigenvalue weighted by Crippen LogP contribution is -2.50. The Morgan fingerprint density at radius 2 is 1.83 bits per heavy atom. The number of hydrogen-bond acceptors (Lipinski definition) is 9. The highest BCUT2D eigenvalue weighted by molar-refractivity contribution is 6.00. The molecule has 19 heteroatoms. The van der Waals surface area contributed by atoms with Crippen molar-refractivity contribution in [1.82, 2.24) is 45.6 Å². The van der Waals surface area contributed by atoms with E-state index in [-0.39, 0.29) is 35.7 Å². The molecule has 2 amide bonds. The van der Waals surface area contributed by atoms with E-state index in [9.17, 15) is 35.9 Å². The van der Waals surface area contributed by atoms with Crippen LogP contribution in [0.1, 0.15) is 79.0 Å². The van der Waals surface area contributed by atoms with Crippen LogP contribution in [-0.2, 0) is 4.79 Å². The lowest BCUT2D eigenvalue weighted by molar-refractivity contribution is -0.121. The second-order valence-electron chi connectivity index (χ2n) is 10.6. The minimum Gasteiger partial charge on any atom is -0.338 e. The molecule has 3 aromatic rings. The first kappa shape index (κ1) is 29.4. The fourth-order valence-electron chi connectivity index (χ4n) is 5.22. The van der Waals surface area contributed by atoms with Gasteiger partial charge in [0.25, 0.3) is 11.8 Å². The molecule has 0 radical (unpaired) electrons. The summed E-state index contributed by atoms with van der Waals surface area (Å²) in [5, 5.41) is 27.1. The molecule has 3 heterocycles. The largest absolute Gasteiger partial charge is 0.338 e. The number of carbonyl (C=O) groups is 2. The summed E-state index contributed by atoms with van der Waals surface area (Å²) in [4.78, 5) is 26.2. The van der Waals surface area contributed by atoms with Gasteiger partial charge in [0.05, 0.1) is 17.9 Å². The van der Waals surface area contributed by atoms with Gasteiger partial charge in [-0.1, -0.05) is 5.16 Å². The quantitative estimate of drug-likeness (QED) is 0.331. The number of aryl methyl sites for hydroxylation is 1. The molecular weight excluding hydrogens is 578 g/mol. The number of anilines is 1. The van der Waals surface area contributed by atoms with E-state index in [0.717, 1.165) is 15.6 Å². The standard InChI is InChI=1S/C23H26F6N10O3/c1-11-17(35-42-34-11)20(40)32-18(12-2-4-22(26,27)5-3-12)21(41)31-13-9-30-38(10-13)15(6-16(24)25)19-33-36-37-39(19)14-7-23(28,29)8-14/h9-10,12,14-16,18H,2-8H2,1H3,(H,31,41)(H,32,40)/t15?,18-/m0/s1. The molecule has 2 N–H and O–H groups in total. The van der Waals surface area contributed by atoms with Crippen molar-refractivity contribution in [3.8, 4) is 0 Å². The van der Waals surface area contributed by atoms with E-state index >= 15 is 0 Å². The molecule has 2 aliphatic rings. The Balaban J connectivity index is 1.35. The van der Waals surface area contributed by atoms with Gasteiger partial charge in [-0.2, -0.15) is 5.10 Å². The van der Waals surface area contributed by atoms with Gasteiger partial charge in [-0.25, -0.2) is 35.7 Å². The number of nitrogens with zero attached hydrogens (tertiary/aromatic N) is 8. The van der Waals surface area contributed by atoms with E-state index in [4.69, 9.17) is 0 Å². The van der Waals surface area contributed by atoms with E-state index in [1.54, 1.807) is 0 Å². The third kappa shape index (κ3) is 6.38. The highest BCUT2D eigenvalue weighted by atomic mass is 19.3. The van der Waals surface area contributed by atoms with Crippen molar-refractivity contribution < 1.29 is 40.6 Å². The maximum Gasteiger partial charge on any atom is 0.276 e. The zero-order valence-electron chi connectivity index (χ0n) is 22.1. The summed E-state index contributed by atoms with van der Waals surface area (Å²) in [7, 11) is 0. The molecule has 2 saturated carbocycles. The molecule has 228 valence electrons. The van der Waals surface area contributed by atoms with Crippen LogP contribution in [0.15, 0.2) is 17.0 Å². The molecule has 0 saturated heterocycles. The summed E-state index contributed by atoms with van der Waals surface area (Å²) in [5.41, 5.74) is 0.00725. The van der Waals surface area contributed by atoms with Crippen molar-refractivity contribution in [3.05, 3.63) is 29.6 Å². The number of halogens is 6. The van der Waals surface area contributed by atoms with Crippen molar-refractivity contribution in [3.63, 3.8) is 0 Å². The van der Waals surface area contributed by atoms with Gasteiger partial charge in [-0.3, -0.25) is 14.3 Å². The Morgan fingerprint density at radius 3 is 2.45 bits per heavy atom. The minimum absolute atomic E-state index is 0.0353. The summed E-state index contributed by atoms with van der Waals surface area (Å²) in [6, 6.07) is -3.31. The van der Waals surface area contributed by atoms with Gasteiger partial charge in [0.15, 0.2) is 11.5 Å². The van der Waals surface area contributed by atoms with Gasteiger partial charge < -0.3 is 10.6 Å². The first-order valence-corrected chi connectivity index (χ1v) is 13.1. The number of carbonyl (C=O) groups excluding carboxylic acids is 2. The number of aromatic nitrogens is 8. The number of tetrazole rings is 1. The van der Waals surface area contributed by atoms with Crippen LogP contribution in [0.4, 0.5) is 32.0 Å². The van der Waals surface area contributed by atoms with Gasteiger partial charge in [-0.15, -0.1) is 5.10 Å². The number of nitrogens with one attached hydrogen (secondary N) is 2. The Bertz CT molecular complexity index is 1410. The first-order valence-electron chi connectivity index (χ1n) is 13.1. The Labute approximate surface area is 233 Å². The molecule has 0 aliphatic heterocycles. The SMILES string of the molecule is Cc1nonc1C(=O)N[C@H](C(=O)Nc1cnn(C(CC(F)F)c2nnnn2C2CC(F)(F)C2)c1)C1CCC(F)(F)CC1. The third-order valence-electron chi connectivity index (χ3n) is 7.49. The van der Waals surface area contributed by atoms with Gasteiger partial charge in [-0.05, 0) is 41.3 Å². The predicted octanol–water partition coefficient (Wildman–Crippen LogP) is 3.34. The normalized spacial score (nSPS) is 20.2. The summed E-state index contributed by atoms with van der Waals surface area (Å²) in [6.45, 7) is 1.46. The molecule has 2 aliphatic carbocycles. The van der Waals surface area contributed by atoms with Crippen molar-refractivity contribution in [2.24, 2.45) is 5.92 Å². The molecule has 0 aromatic carbocycles. The average Bonchev–Trinajstić information content (AvgIpc) is 3.65. The Kier molecular flexibility index (Phi) is 7.93. The van der Waals surface area contributed by atoms with Crippen LogP contribution in [0.5, 0.6) is 0 Å². The molecule has 2 atom stereocenters. The molecule has 42 heavy (non-hydrogen) atoms. The maximum atomic E-state index is 13.8. The smallest absolute Gasteiger partial charge is 0.276 e. The summed E-state index contributed by atoms with van der Waals surface area (Å²) in [6.07, 6.45) is -3.43. The van der Waals surface area contributed by atoms with Crippen molar-refractivity contribution in [2.45, 2.75) is 88.3 Å². The average molecular weight is 605 g/mol. The Hall–Kier alpha value is -4.06. The minimum atomic E-state index is -2.90. The molecule has 1 unspecified atom stereocenters. The van der Waals surface area contributed by atoms with Crippen molar-refractivity contribution in [1.29, 1.82) is 0 Å². The van der Waals surface area contributed by atoms with Crippen LogP contribution in [0.25, 0.3) is 0 Å². The van der Waals surface area contributed by atoms with E-state index in [2.05, 4.69) is 46.2 Å². The summed E-state index contributed by atoms with van der Waals surface area (Å²) < 4.78 is 88.3. The second-order valence-corrected chi connectivity index (χ2v) is 10.6. The van der Waals surface area contributed by atoms with E-state index in [0.29, 0.717) is 0 Å². The molecule has 13 nitrogen and oxygen atoms in total. The van der Waals surface area contributed by atoms with Crippen LogP contribution in [0.3, 0.4) is 0 Å². The van der Waals surface area contributed by atoms with Crippen LogP contribution in [0.2, 0.25) is 0 Å². The molecule has 5 rings (SSSR count). The number of rotatable bonds is 10. The number of amides is 2. The maximum absolute atomic E-state index is 13.8. The van der Waals surface area contributed by atoms with E-state index < -0.39 is 86.2 Å². The highest BCUT2D eigenvalue weighted by Crippen LogP contribution is 2.46. The zero-order chi connectivity index (χ0) is 30.2. The topological polar surface area (TPSA) is 159 Å². The van der Waals surface area contributed by atoms with Crippen LogP contribution < -0.4 is 10.6 Å². The number of hydrogen-bond donors (Lipinski definition) is 2. The van der Waals surface area contributed by atoms with Gasteiger partial charge in [0.2, 0.25) is 18.3 Å². The molecule has 2 fully saturated rings. The van der Waals surface area contributed by atoms with Gasteiger partial charge in [0.1, 0.15) is 17.8 Å². The van der Waals surface area contributed by atoms with Crippen LogP contribution in [0, 0.1) is 12.8 Å². The summed E-state index contributed by atoms with van der Waals surface area (Å²) in [5.74, 6) is -8.12. The summed E-state index contributed by atoms with van der Waals surface area (Å²) >= 11 is 0. The first-order chi connectivity index (χ1) is 19.8. The second kappa shape index (κ2) is 11.3.